The molecule has 1 rings (SSSR count). The molecule has 3 N–H and O–H groups in total. The summed E-state index contributed by atoms with van der Waals surface area (Å²) < 4.78 is 5.39. The van der Waals surface area contributed by atoms with Crippen molar-refractivity contribution in [1.82, 2.24) is 0 Å². The fraction of sp³-hybridized carbons (Fsp3) is 0.500. The molecule has 1 atom stereocenters. The van der Waals surface area contributed by atoms with Crippen molar-refractivity contribution in [3.8, 4) is 5.75 Å². The second-order valence-corrected chi connectivity index (χ2v) is 4.29. The summed E-state index contributed by atoms with van der Waals surface area (Å²) in [5.41, 5.74) is 0.0667. The number of aliphatic hydroxyl groups is 2. The van der Waals surface area contributed by atoms with Gasteiger partial charge >= 0.3 is 5.69 Å². The van der Waals surface area contributed by atoms with E-state index in [0.717, 1.165) is 0 Å². The zero-order valence-electron chi connectivity index (χ0n) is 10.9. The largest absolute Gasteiger partial charge is 0.484 e. The van der Waals surface area contributed by atoms with Crippen molar-refractivity contribution in [2.24, 2.45) is 0 Å². The molecule has 0 aliphatic heterocycles. The number of hydrogen-bond donors (Lipinski definition) is 3. The van der Waals surface area contributed by atoms with Gasteiger partial charge in [0.25, 0.3) is 0 Å². The molecule has 1 aromatic carbocycles. The van der Waals surface area contributed by atoms with Crippen molar-refractivity contribution >= 4 is 11.4 Å². The van der Waals surface area contributed by atoms with Gasteiger partial charge in [0.05, 0.1) is 23.7 Å². The summed E-state index contributed by atoms with van der Waals surface area (Å²) >= 11 is 0. The van der Waals surface area contributed by atoms with E-state index in [-0.39, 0.29) is 29.8 Å². The third kappa shape index (κ3) is 4.38. The molecule has 0 spiro atoms. The number of aliphatic hydroxyl groups excluding tert-OH is 2. The van der Waals surface area contributed by atoms with Crippen LogP contribution in [-0.2, 0) is 0 Å². The minimum absolute atomic E-state index is 0.0163. The topological polar surface area (TPSA) is 105 Å². The molecule has 0 saturated heterocycles. The molecule has 0 aliphatic carbocycles. The van der Waals surface area contributed by atoms with Gasteiger partial charge in [0.2, 0.25) is 0 Å². The van der Waals surface area contributed by atoms with Gasteiger partial charge in [-0.05, 0) is 26.0 Å². The Morgan fingerprint density at radius 2 is 2.16 bits per heavy atom. The fourth-order valence-electron chi connectivity index (χ4n) is 1.49. The maximum atomic E-state index is 11.1. The summed E-state index contributed by atoms with van der Waals surface area (Å²) in [5, 5.41) is 31.8. The van der Waals surface area contributed by atoms with Gasteiger partial charge in [-0.1, -0.05) is 6.07 Å². The zero-order valence-corrected chi connectivity index (χ0v) is 10.9. The Bertz CT molecular complexity index is 436. The van der Waals surface area contributed by atoms with Gasteiger partial charge in [-0.15, -0.1) is 0 Å². The molecule has 0 aliphatic rings. The molecule has 7 heteroatoms. The van der Waals surface area contributed by atoms with Gasteiger partial charge in [0, 0.05) is 6.54 Å². The third-order valence-electron chi connectivity index (χ3n) is 2.28. The maximum absolute atomic E-state index is 11.1. The monoisotopic (exact) mass is 270 g/mol. The summed E-state index contributed by atoms with van der Waals surface area (Å²) in [6.07, 6.45) is -1.16. The average molecular weight is 270 g/mol. The van der Waals surface area contributed by atoms with Gasteiger partial charge < -0.3 is 20.3 Å². The van der Waals surface area contributed by atoms with Crippen LogP contribution < -0.4 is 10.1 Å². The van der Waals surface area contributed by atoms with Crippen LogP contribution in [-0.4, -0.2) is 40.5 Å². The Balaban J connectivity index is 2.99. The first-order valence-electron chi connectivity index (χ1n) is 5.92. The van der Waals surface area contributed by atoms with Crippen LogP contribution in [0.4, 0.5) is 11.4 Å². The highest BCUT2D eigenvalue weighted by atomic mass is 16.6. The number of hydrogen-bond acceptors (Lipinski definition) is 6. The lowest BCUT2D eigenvalue weighted by Gasteiger charge is -2.14. The van der Waals surface area contributed by atoms with Gasteiger partial charge in [-0.3, -0.25) is 10.1 Å². The number of nitrogens with zero attached hydrogens (tertiary/aromatic N) is 1. The van der Waals surface area contributed by atoms with Crippen LogP contribution in [0.1, 0.15) is 13.8 Å². The van der Waals surface area contributed by atoms with Crippen molar-refractivity contribution < 1.29 is 19.9 Å². The van der Waals surface area contributed by atoms with Gasteiger partial charge in [0.15, 0.2) is 5.75 Å². The molecule has 19 heavy (non-hydrogen) atoms. The molecule has 0 saturated carbocycles. The van der Waals surface area contributed by atoms with Gasteiger partial charge in [0.1, 0.15) is 5.69 Å². The van der Waals surface area contributed by atoms with Crippen molar-refractivity contribution in [3.63, 3.8) is 0 Å². The highest BCUT2D eigenvalue weighted by molar-refractivity contribution is 5.68. The number of nitro benzene ring substituents is 1. The van der Waals surface area contributed by atoms with E-state index in [1.165, 1.54) is 12.1 Å². The molecule has 0 amide bonds. The van der Waals surface area contributed by atoms with Gasteiger partial charge in [-0.2, -0.15) is 0 Å². The van der Waals surface area contributed by atoms with E-state index in [4.69, 9.17) is 9.84 Å². The molecular formula is C12H18N2O5. The van der Waals surface area contributed by atoms with E-state index >= 15 is 0 Å². The number of rotatable bonds is 7. The summed E-state index contributed by atoms with van der Waals surface area (Å²) in [6.45, 7) is 3.16. The van der Waals surface area contributed by atoms with Crippen LogP contribution in [0.5, 0.6) is 5.75 Å². The third-order valence-corrected chi connectivity index (χ3v) is 2.28. The van der Waals surface area contributed by atoms with Gasteiger partial charge in [-0.25, -0.2) is 0 Å². The van der Waals surface area contributed by atoms with Crippen LogP contribution in [0, 0.1) is 10.1 Å². The normalized spacial score (nSPS) is 12.3. The summed E-state index contributed by atoms with van der Waals surface area (Å²) in [7, 11) is 0. The highest BCUT2D eigenvalue weighted by Gasteiger charge is 2.22. The first kappa shape index (κ1) is 15.2. The highest BCUT2D eigenvalue weighted by Crippen LogP contribution is 2.35. The van der Waals surface area contributed by atoms with E-state index in [1.807, 2.05) is 0 Å². The first-order chi connectivity index (χ1) is 8.95. The molecule has 0 bridgehead atoms. The molecule has 106 valence electrons. The fourth-order valence-corrected chi connectivity index (χ4v) is 1.49. The summed E-state index contributed by atoms with van der Waals surface area (Å²) in [5.74, 6) is 0.170. The average Bonchev–Trinajstić information content (AvgIpc) is 2.34. The lowest BCUT2D eigenvalue weighted by atomic mass is 10.2. The molecule has 0 heterocycles. The molecule has 0 aromatic heterocycles. The second-order valence-electron chi connectivity index (χ2n) is 4.29. The number of anilines is 1. The summed E-state index contributed by atoms with van der Waals surface area (Å²) in [6, 6.07) is 4.67. The van der Waals surface area contributed by atoms with Crippen molar-refractivity contribution in [3.05, 3.63) is 28.3 Å². The van der Waals surface area contributed by atoms with E-state index in [9.17, 15) is 15.2 Å². The standard InChI is InChI=1S/C12H18N2O5/c1-8(2)19-11-5-3-4-10(12(11)14(17)18)13-6-9(16)7-15/h3-5,8-9,13,15-16H,6-7H2,1-2H3. The molecule has 1 aromatic rings. The predicted octanol–water partition coefficient (Wildman–Crippen LogP) is 1.15. The molecule has 1 unspecified atom stereocenters. The minimum atomic E-state index is -0.978. The number of para-hydroxylation sites is 1. The smallest absolute Gasteiger partial charge is 0.333 e. The van der Waals surface area contributed by atoms with Crippen molar-refractivity contribution in [1.29, 1.82) is 0 Å². The first-order valence-corrected chi connectivity index (χ1v) is 5.92. The Morgan fingerprint density at radius 3 is 2.68 bits per heavy atom. The van der Waals surface area contributed by atoms with E-state index in [1.54, 1.807) is 19.9 Å². The van der Waals surface area contributed by atoms with Crippen LogP contribution in [0.25, 0.3) is 0 Å². The maximum Gasteiger partial charge on any atom is 0.333 e. The van der Waals surface area contributed by atoms with Crippen molar-refractivity contribution in [2.45, 2.75) is 26.1 Å². The van der Waals surface area contributed by atoms with Crippen LogP contribution in [0.2, 0.25) is 0 Å². The van der Waals surface area contributed by atoms with E-state index < -0.39 is 17.6 Å². The molecule has 0 radical (unpaired) electrons. The van der Waals surface area contributed by atoms with E-state index in [2.05, 4.69) is 5.32 Å². The predicted molar refractivity (Wildman–Crippen MR) is 70.4 cm³/mol. The zero-order chi connectivity index (χ0) is 14.4. The Hall–Kier alpha value is -1.86. The van der Waals surface area contributed by atoms with Crippen LogP contribution in [0.3, 0.4) is 0 Å². The molecule has 7 nitrogen and oxygen atoms in total. The molecular weight excluding hydrogens is 252 g/mol. The van der Waals surface area contributed by atoms with Crippen LogP contribution >= 0.6 is 0 Å². The lowest BCUT2D eigenvalue weighted by molar-refractivity contribution is -0.385. The summed E-state index contributed by atoms with van der Waals surface area (Å²) in [4.78, 5) is 10.6. The number of nitro groups is 1. The SMILES string of the molecule is CC(C)Oc1cccc(NCC(O)CO)c1[N+](=O)[O-]. The quantitative estimate of drug-likeness (QED) is 0.507. The lowest BCUT2D eigenvalue weighted by Crippen LogP contribution is -2.23. The number of benzene rings is 1. The second kappa shape index (κ2) is 6.91. The van der Waals surface area contributed by atoms with Crippen LogP contribution in [0.15, 0.2) is 18.2 Å². The van der Waals surface area contributed by atoms with Crippen molar-refractivity contribution in [2.75, 3.05) is 18.5 Å². The Kier molecular flexibility index (Phi) is 5.53. The minimum Gasteiger partial charge on any atom is -0.484 e. The molecule has 0 fully saturated rings. The van der Waals surface area contributed by atoms with E-state index in [0.29, 0.717) is 0 Å². The number of nitrogens with one attached hydrogen (secondary N) is 1. The Morgan fingerprint density at radius 1 is 1.47 bits per heavy atom. The Labute approximate surface area is 111 Å². The number of ether oxygens (including phenoxy) is 1.